The fourth-order valence-electron chi connectivity index (χ4n) is 3.83. The molecular weight excluding hydrogens is 342 g/mol. The molecular formula is C17H21N3O2S2. The zero-order valence-corrected chi connectivity index (χ0v) is 15.5. The first-order valence-corrected chi connectivity index (χ1v) is 9.94. The minimum atomic E-state index is 0.0494. The zero-order valence-electron chi connectivity index (χ0n) is 13.8. The number of piperidine rings is 3. The van der Waals surface area contributed by atoms with Crippen LogP contribution in [0.1, 0.15) is 29.4 Å². The summed E-state index contributed by atoms with van der Waals surface area (Å²) in [6.07, 6.45) is 4.20. The lowest BCUT2D eigenvalue weighted by atomic mass is 9.79. The molecule has 2 aromatic heterocycles. The third kappa shape index (κ3) is 2.85. The average Bonchev–Trinajstić information content (AvgIpc) is 3.27. The molecule has 2 atom stereocenters. The number of rotatable bonds is 4. The number of methoxy groups -OCH3 is 1. The van der Waals surface area contributed by atoms with Crippen LogP contribution in [0, 0.1) is 5.92 Å². The summed E-state index contributed by atoms with van der Waals surface area (Å²) in [7, 11) is 1.62. The molecule has 2 aromatic rings. The second-order valence-electron chi connectivity index (χ2n) is 6.47. The lowest BCUT2D eigenvalue weighted by Gasteiger charge is -2.49. The van der Waals surface area contributed by atoms with Crippen LogP contribution in [-0.2, 0) is 0 Å². The summed E-state index contributed by atoms with van der Waals surface area (Å²) >= 11 is 3.01. The molecule has 3 fully saturated rings. The number of carbonyl (C=O) groups is 1. The van der Waals surface area contributed by atoms with Gasteiger partial charge in [-0.1, -0.05) is 11.3 Å². The van der Waals surface area contributed by atoms with Crippen molar-refractivity contribution >= 4 is 28.6 Å². The van der Waals surface area contributed by atoms with Crippen LogP contribution in [0.5, 0.6) is 5.19 Å². The highest BCUT2D eigenvalue weighted by Crippen LogP contribution is 2.36. The Hall–Kier alpha value is -1.44. The number of fused-ring (bicyclic) bond motifs is 3. The van der Waals surface area contributed by atoms with Crippen LogP contribution >= 0.6 is 22.7 Å². The van der Waals surface area contributed by atoms with Gasteiger partial charge in [0.25, 0.3) is 11.1 Å². The standard InChI is InChI=1S/C17H21N3O2S2/c1-10-15(11-5-7-20(10)8-6-11)19-16(21)13-4-3-12(23-13)14-9-18-17(22-2)24-14/h3-4,9-11,15H,5-8H2,1-2H3,(H,19,21). The Morgan fingerprint density at radius 3 is 2.75 bits per heavy atom. The summed E-state index contributed by atoms with van der Waals surface area (Å²) in [5.74, 6) is 0.674. The van der Waals surface area contributed by atoms with Gasteiger partial charge in [-0.25, -0.2) is 4.98 Å². The number of hydrogen-bond acceptors (Lipinski definition) is 6. The summed E-state index contributed by atoms with van der Waals surface area (Å²) < 4.78 is 5.14. The average molecular weight is 364 g/mol. The lowest BCUT2D eigenvalue weighted by molar-refractivity contribution is 0.0218. The van der Waals surface area contributed by atoms with E-state index in [0.29, 0.717) is 17.2 Å². The molecule has 128 valence electrons. The van der Waals surface area contributed by atoms with Crippen molar-refractivity contribution in [3.05, 3.63) is 23.2 Å². The molecule has 0 saturated carbocycles. The quantitative estimate of drug-likeness (QED) is 0.907. The minimum Gasteiger partial charge on any atom is -0.473 e. The number of amides is 1. The summed E-state index contributed by atoms with van der Waals surface area (Å²) in [5.41, 5.74) is 0. The number of thiophene rings is 1. The van der Waals surface area contributed by atoms with Gasteiger partial charge in [0.1, 0.15) is 0 Å². The molecule has 2 bridgehead atoms. The van der Waals surface area contributed by atoms with Crippen LogP contribution in [0.25, 0.3) is 9.75 Å². The van der Waals surface area contributed by atoms with E-state index in [1.807, 2.05) is 12.1 Å². The summed E-state index contributed by atoms with van der Waals surface area (Å²) in [5, 5.41) is 3.93. The van der Waals surface area contributed by atoms with Gasteiger partial charge in [-0.3, -0.25) is 9.69 Å². The van der Waals surface area contributed by atoms with E-state index in [-0.39, 0.29) is 11.9 Å². The number of thiazole rings is 1. The van der Waals surface area contributed by atoms with E-state index in [9.17, 15) is 4.79 Å². The molecule has 5 nitrogen and oxygen atoms in total. The maximum absolute atomic E-state index is 12.7. The van der Waals surface area contributed by atoms with Crippen LogP contribution in [-0.4, -0.2) is 48.1 Å². The molecule has 7 heteroatoms. The Bertz CT molecular complexity index is 732. The number of ether oxygens (including phenoxy) is 1. The van der Waals surface area contributed by atoms with Gasteiger partial charge in [0.15, 0.2) is 0 Å². The van der Waals surface area contributed by atoms with Crippen LogP contribution < -0.4 is 10.1 Å². The summed E-state index contributed by atoms with van der Waals surface area (Å²) in [6, 6.07) is 4.61. The Labute approximate surface area is 149 Å². The van der Waals surface area contributed by atoms with Crippen molar-refractivity contribution in [2.45, 2.75) is 31.8 Å². The number of aromatic nitrogens is 1. The highest BCUT2D eigenvalue weighted by Gasteiger charge is 2.40. The fourth-order valence-corrected chi connectivity index (χ4v) is 5.54. The SMILES string of the molecule is COc1ncc(-c2ccc(C(=O)NC3C4CCN(CC4)C3C)s2)s1. The maximum Gasteiger partial charge on any atom is 0.273 e. The Morgan fingerprint density at radius 1 is 1.29 bits per heavy atom. The molecule has 5 rings (SSSR count). The largest absolute Gasteiger partial charge is 0.473 e. The zero-order chi connectivity index (χ0) is 16.7. The lowest BCUT2D eigenvalue weighted by Crippen LogP contribution is -2.62. The number of nitrogens with zero attached hydrogens (tertiary/aromatic N) is 2. The normalized spacial score (nSPS) is 28.8. The van der Waals surface area contributed by atoms with Crippen LogP contribution in [0.4, 0.5) is 0 Å². The van der Waals surface area contributed by atoms with Gasteiger partial charge >= 0.3 is 0 Å². The molecule has 1 N–H and O–H groups in total. The van der Waals surface area contributed by atoms with Crippen molar-refractivity contribution in [1.82, 2.24) is 15.2 Å². The van der Waals surface area contributed by atoms with E-state index < -0.39 is 0 Å². The van der Waals surface area contributed by atoms with Gasteiger partial charge in [-0.05, 0) is 50.9 Å². The first-order chi connectivity index (χ1) is 11.7. The predicted molar refractivity (Wildman–Crippen MR) is 97.0 cm³/mol. The van der Waals surface area contributed by atoms with Gasteiger partial charge in [-0.15, -0.1) is 11.3 Å². The number of carbonyl (C=O) groups excluding carboxylic acids is 1. The van der Waals surface area contributed by atoms with Crippen molar-refractivity contribution in [1.29, 1.82) is 0 Å². The van der Waals surface area contributed by atoms with E-state index in [0.717, 1.165) is 14.6 Å². The molecule has 0 radical (unpaired) electrons. The highest BCUT2D eigenvalue weighted by molar-refractivity contribution is 7.23. The Kier molecular flexibility index (Phi) is 4.32. The second-order valence-corrected chi connectivity index (χ2v) is 8.55. The smallest absolute Gasteiger partial charge is 0.273 e. The molecule has 3 saturated heterocycles. The van der Waals surface area contributed by atoms with Crippen molar-refractivity contribution in [2.75, 3.05) is 20.2 Å². The summed E-state index contributed by atoms with van der Waals surface area (Å²) in [4.78, 5) is 22.2. The third-order valence-electron chi connectivity index (χ3n) is 5.21. The molecule has 0 spiro atoms. The van der Waals surface area contributed by atoms with Crippen LogP contribution in [0.15, 0.2) is 18.3 Å². The Balaban J connectivity index is 1.47. The van der Waals surface area contributed by atoms with Crippen molar-refractivity contribution in [3.8, 4) is 14.9 Å². The van der Waals surface area contributed by atoms with Gasteiger partial charge in [0.2, 0.25) is 0 Å². The van der Waals surface area contributed by atoms with Crippen LogP contribution in [0.3, 0.4) is 0 Å². The highest BCUT2D eigenvalue weighted by atomic mass is 32.1. The fraction of sp³-hybridized carbons (Fsp3) is 0.529. The molecule has 24 heavy (non-hydrogen) atoms. The predicted octanol–water partition coefficient (Wildman–Crippen LogP) is 3.09. The van der Waals surface area contributed by atoms with E-state index in [4.69, 9.17) is 4.74 Å². The van der Waals surface area contributed by atoms with E-state index in [1.54, 1.807) is 13.3 Å². The molecule has 0 aromatic carbocycles. The van der Waals surface area contributed by atoms with Crippen molar-refractivity contribution in [2.24, 2.45) is 5.92 Å². The van der Waals surface area contributed by atoms with Gasteiger partial charge in [0.05, 0.1) is 23.1 Å². The molecule has 5 heterocycles. The molecule has 1 amide bonds. The maximum atomic E-state index is 12.7. The summed E-state index contributed by atoms with van der Waals surface area (Å²) in [6.45, 7) is 4.59. The van der Waals surface area contributed by atoms with Crippen LogP contribution in [0.2, 0.25) is 0 Å². The Morgan fingerprint density at radius 2 is 2.08 bits per heavy atom. The van der Waals surface area contributed by atoms with Gasteiger partial charge < -0.3 is 10.1 Å². The van der Waals surface area contributed by atoms with Crippen molar-refractivity contribution < 1.29 is 9.53 Å². The number of nitrogens with one attached hydrogen (secondary N) is 1. The van der Waals surface area contributed by atoms with E-state index >= 15 is 0 Å². The topological polar surface area (TPSA) is 54.5 Å². The first-order valence-electron chi connectivity index (χ1n) is 8.30. The van der Waals surface area contributed by atoms with Crippen molar-refractivity contribution in [3.63, 3.8) is 0 Å². The monoisotopic (exact) mass is 363 g/mol. The molecule has 3 aliphatic heterocycles. The molecule has 0 aliphatic carbocycles. The second kappa shape index (κ2) is 6.46. The van der Waals surface area contributed by atoms with Gasteiger partial charge in [0, 0.05) is 17.0 Å². The van der Waals surface area contributed by atoms with Gasteiger partial charge in [-0.2, -0.15) is 0 Å². The van der Waals surface area contributed by atoms with E-state index in [1.165, 1.54) is 48.6 Å². The number of hydrogen-bond donors (Lipinski definition) is 1. The first kappa shape index (κ1) is 16.1. The third-order valence-corrected chi connectivity index (χ3v) is 7.45. The molecule has 2 unspecified atom stereocenters. The minimum absolute atomic E-state index is 0.0494. The molecule has 3 aliphatic rings. The van der Waals surface area contributed by atoms with E-state index in [2.05, 4.69) is 22.1 Å².